The highest BCUT2D eigenvalue weighted by Crippen LogP contribution is 2.34. The minimum Gasteiger partial charge on any atom is -0.303 e. The van der Waals surface area contributed by atoms with Crippen molar-refractivity contribution in [2.75, 3.05) is 25.4 Å². The highest BCUT2D eigenvalue weighted by Gasteiger charge is 2.26. The number of thiol groups is 1. The van der Waals surface area contributed by atoms with Crippen LogP contribution in [-0.4, -0.2) is 30.3 Å². The average molecular weight is 272 g/mol. The molecule has 1 atom stereocenters. The molecule has 0 bridgehead atoms. The summed E-state index contributed by atoms with van der Waals surface area (Å²) in [5, 5.41) is 0. The minimum absolute atomic E-state index is 0.503. The maximum Gasteiger partial charge on any atom is -0.00159 e. The molecule has 1 unspecified atom stereocenters. The second-order valence-electron chi connectivity index (χ2n) is 6.97. The molecule has 1 aliphatic heterocycles. The van der Waals surface area contributed by atoms with Gasteiger partial charge in [0.15, 0.2) is 0 Å². The van der Waals surface area contributed by atoms with Gasteiger partial charge in [0.1, 0.15) is 0 Å². The van der Waals surface area contributed by atoms with Gasteiger partial charge in [-0.3, -0.25) is 0 Å². The van der Waals surface area contributed by atoms with E-state index in [1.54, 1.807) is 0 Å². The first-order chi connectivity index (χ1) is 8.54. The standard InChI is InChI=1S/C16H33NS/c1-16(2,3)15-9-8-12-17(13-10-15)11-6-4-5-7-14-18/h15,18H,4-14H2,1-3H3. The van der Waals surface area contributed by atoms with Gasteiger partial charge in [0.25, 0.3) is 0 Å². The Kier molecular flexibility index (Phi) is 7.70. The van der Waals surface area contributed by atoms with E-state index >= 15 is 0 Å². The van der Waals surface area contributed by atoms with Gasteiger partial charge < -0.3 is 4.90 Å². The van der Waals surface area contributed by atoms with Crippen molar-refractivity contribution in [3.05, 3.63) is 0 Å². The van der Waals surface area contributed by atoms with Gasteiger partial charge >= 0.3 is 0 Å². The Balaban J connectivity index is 2.17. The van der Waals surface area contributed by atoms with Crippen LogP contribution in [0, 0.1) is 11.3 Å². The zero-order chi connectivity index (χ0) is 13.4. The lowest BCUT2D eigenvalue weighted by atomic mass is 9.77. The van der Waals surface area contributed by atoms with Crippen molar-refractivity contribution in [3.63, 3.8) is 0 Å². The predicted octanol–water partition coefficient (Wildman–Crippen LogP) is 4.62. The Morgan fingerprint density at radius 1 is 1.00 bits per heavy atom. The van der Waals surface area contributed by atoms with E-state index in [9.17, 15) is 0 Å². The van der Waals surface area contributed by atoms with E-state index in [0.717, 1.165) is 11.7 Å². The normalized spacial score (nSPS) is 23.0. The molecule has 1 nitrogen and oxygen atoms in total. The van der Waals surface area contributed by atoms with Gasteiger partial charge in [-0.1, -0.05) is 33.6 Å². The highest BCUT2D eigenvalue weighted by molar-refractivity contribution is 7.80. The van der Waals surface area contributed by atoms with Crippen LogP contribution in [0.4, 0.5) is 0 Å². The number of hydrogen-bond donors (Lipinski definition) is 1. The Bertz CT molecular complexity index is 210. The number of nitrogens with zero attached hydrogens (tertiary/aromatic N) is 1. The second kappa shape index (κ2) is 8.47. The van der Waals surface area contributed by atoms with Crippen molar-refractivity contribution in [2.45, 2.75) is 65.7 Å². The molecule has 1 saturated heterocycles. The maximum atomic E-state index is 4.26. The molecule has 0 saturated carbocycles. The average Bonchev–Trinajstić information content (AvgIpc) is 2.53. The molecular weight excluding hydrogens is 238 g/mol. The van der Waals surface area contributed by atoms with Crippen LogP contribution in [0.15, 0.2) is 0 Å². The van der Waals surface area contributed by atoms with Crippen LogP contribution >= 0.6 is 12.6 Å². The summed E-state index contributed by atoms with van der Waals surface area (Å²) in [6.07, 6.45) is 9.66. The molecule has 108 valence electrons. The van der Waals surface area contributed by atoms with Gasteiger partial charge in [-0.2, -0.15) is 12.6 Å². The van der Waals surface area contributed by atoms with Gasteiger partial charge in [0, 0.05) is 0 Å². The third-order valence-electron chi connectivity index (χ3n) is 4.43. The van der Waals surface area contributed by atoms with E-state index in [0.29, 0.717) is 5.41 Å². The first-order valence-corrected chi connectivity index (χ1v) is 8.50. The van der Waals surface area contributed by atoms with E-state index in [1.165, 1.54) is 64.6 Å². The van der Waals surface area contributed by atoms with Gasteiger partial charge in [-0.15, -0.1) is 0 Å². The summed E-state index contributed by atoms with van der Waals surface area (Å²) in [7, 11) is 0. The summed E-state index contributed by atoms with van der Waals surface area (Å²) in [4.78, 5) is 2.70. The van der Waals surface area contributed by atoms with Gasteiger partial charge in [0.2, 0.25) is 0 Å². The zero-order valence-corrected chi connectivity index (χ0v) is 13.6. The lowest BCUT2D eigenvalue weighted by Crippen LogP contribution is -2.27. The number of hydrogen-bond acceptors (Lipinski definition) is 2. The van der Waals surface area contributed by atoms with E-state index in [4.69, 9.17) is 0 Å². The van der Waals surface area contributed by atoms with Crippen LogP contribution < -0.4 is 0 Å². The molecule has 1 fully saturated rings. The summed E-state index contributed by atoms with van der Waals surface area (Å²) >= 11 is 4.26. The quantitative estimate of drug-likeness (QED) is 0.545. The predicted molar refractivity (Wildman–Crippen MR) is 85.6 cm³/mol. The fraction of sp³-hybridized carbons (Fsp3) is 1.00. The van der Waals surface area contributed by atoms with Gasteiger partial charge in [-0.05, 0) is 68.8 Å². The van der Waals surface area contributed by atoms with Crippen molar-refractivity contribution in [1.82, 2.24) is 4.90 Å². The summed E-state index contributed by atoms with van der Waals surface area (Å²) in [5.41, 5.74) is 0.503. The largest absolute Gasteiger partial charge is 0.303 e. The van der Waals surface area contributed by atoms with Gasteiger partial charge in [0.05, 0.1) is 0 Å². The smallest absolute Gasteiger partial charge is 0.00159 e. The summed E-state index contributed by atoms with van der Waals surface area (Å²) in [5.74, 6) is 1.98. The molecule has 0 aromatic carbocycles. The molecule has 0 aromatic rings. The zero-order valence-electron chi connectivity index (χ0n) is 12.7. The molecule has 18 heavy (non-hydrogen) atoms. The molecule has 1 aliphatic rings. The fourth-order valence-corrected chi connectivity index (χ4v) is 3.27. The van der Waals surface area contributed by atoms with E-state index < -0.39 is 0 Å². The molecule has 0 amide bonds. The maximum absolute atomic E-state index is 4.26. The molecule has 0 spiro atoms. The molecule has 0 radical (unpaired) electrons. The monoisotopic (exact) mass is 271 g/mol. The first-order valence-electron chi connectivity index (χ1n) is 7.87. The number of likely N-dealkylation sites (tertiary alicyclic amines) is 1. The van der Waals surface area contributed by atoms with Crippen LogP contribution in [0.3, 0.4) is 0 Å². The number of unbranched alkanes of at least 4 members (excludes halogenated alkanes) is 3. The summed E-state index contributed by atoms with van der Waals surface area (Å²) < 4.78 is 0. The van der Waals surface area contributed by atoms with Crippen LogP contribution in [0.5, 0.6) is 0 Å². The lowest BCUT2D eigenvalue weighted by molar-refractivity contribution is 0.207. The first kappa shape index (κ1) is 16.4. The molecule has 2 heteroatoms. The van der Waals surface area contributed by atoms with Crippen molar-refractivity contribution in [2.24, 2.45) is 11.3 Å². The van der Waals surface area contributed by atoms with Crippen molar-refractivity contribution >= 4 is 12.6 Å². The Hall–Kier alpha value is 0.310. The highest BCUT2D eigenvalue weighted by atomic mass is 32.1. The van der Waals surface area contributed by atoms with Crippen molar-refractivity contribution in [3.8, 4) is 0 Å². The Labute approximate surface area is 120 Å². The van der Waals surface area contributed by atoms with Crippen LogP contribution in [0.1, 0.15) is 65.7 Å². The molecule has 0 aliphatic carbocycles. The van der Waals surface area contributed by atoms with Gasteiger partial charge in [-0.25, -0.2) is 0 Å². The molecule has 1 heterocycles. The topological polar surface area (TPSA) is 3.24 Å². The minimum atomic E-state index is 0.503. The van der Waals surface area contributed by atoms with Crippen LogP contribution in [-0.2, 0) is 0 Å². The Morgan fingerprint density at radius 3 is 2.39 bits per heavy atom. The van der Waals surface area contributed by atoms with E-state index in [1.807, 2.05) is 0 Å². The van der Waals surface area contributed by atoms with E-state index in [2.05, 4.69) is 38.3 Å². The third kappa shape index (κ3) is 6.47. The second-order valence-corrected chi connectivity index (χ2v) is 7.42. The molecule has 1 rings (SSSR count). The van der Waals surface area contributed by atoms with Crippen molar-refractivity contribution < 1.29 is 0 Å². The van der Waals surface area contributed by atoms with E-state index in [-0.39, 0.29) is 0 Å². The lowest BCUT2D eigenvalue weighted by Gasteiger charge is -2.29. The molecular formula is C16H33NS. The Morgan fingerprint density at radius 2 is 1.72 bits per heavy atom. The van der Waals surface area contributed by atoms with Crippen LogP contribution in [0.2, 0.25) is 0 Å². The van der Waals surface area contributed by atoms with Crippen LogP contribution in [0.25, 0.3) is 0 Å². The third-order valence-corrected chi connectivity index (χ3v) is 4.74. The fourth-order valence-electron chi connectivity index (χ4n) is 3.05. The molecule has 0 aromatic heterocycles. The summed E-state index contributed by atoms with van der Waals surface area (Å²) in [6, 6.07) is 0. The van der Waals surface area contributed by atoms with Crippen molar-refractivity contribution in [1.29, 1.82) is 0 Å². The molecule has 0 N–H and O–H groups in total. The SMILES string of the molecule is CC(C)(C)C1CCCN(CCCCCCS)CC1. The number of rotatable bonds is 6. The summed E-state index contributed by atoms with van der Waals surface area (Å²) in [6.45, 7) is 11.2.